The summed E-state index contributed by atoms with van der Waals surface area (Å²) in [5.74, 6) is 0.928. The predicted octanol–water partition coefficient (Wildman–Crippen LogP) is 3.16. The van der Waals surface area contributed by atoms with Crippen molar-refractivity contribution in [3.63, 3.8) is 0 Å². The molecule has 3 heterocycles. The van der Waals surface area contributed by atoms with Gasteiger partial charge < -0.3 is 9.88 Å². The molecule has 1 aromatic carbocycles. The van der Waals surface area contributed by atoms with E-state index in [0.29, 0.717) is 35.9 Å². The lowest BCUT2D eigenvalue weighted by Crippen LogP contribution is -2.39. The van der Waals surface area contributed by atoms with Crippen molar-refractivity contribution in [2.24, 2.45) is 0 Å². The Morgan fingerprint density at radius 1 is 1.19 bits per heavy atom. The Kier molecular flexibility index (Phi) is 3.70. The summed E-state index contributed by atoms with van der Waals surface area (Å²) in [6.45, 7) is 1.39. The van der Waals surface area contributed by atoms with Crippen LogP contribution < -0.4 is 0 Å². The molecular formula is C18H19ClN6O. The number of benzene rings is 1. The molecule has 2 aliphatic rings. The third-order valence-electron chi connectivity index (χ3n) is 5.30. The number of H-pyrrole nitrogens is 1. The normalized spacial score (nSPS) is 18.6. The van der Waals surface area contributed by atoms with Crippen LogP contribution in [0.1, 0.15) is 54.0 Å². The van der Waals surface area contributed by atoms with Crippen molar-refractivity contribution < 1.29 is 4.79 Å². The van der Waals surface area contributed by atoms with Gasteiger partial charge in [-0.25, -0.2) is 9.67 Å². The van der Waals surface area contributed by atoms with E-state index in [0.717, 1.165) is 29.6 Å². The number of amides is 1. The molecule has 1 aliphatic carbocycles. The molecule has 2 fully saturated rings. The number of aromatic nitrogens is 5. The van der Waals surface area contributed by atoms with Gasteiger partial charge in [0.05, 0.1) is 22.8 Å². The number of aromatic amines is 1. The van der Waals surface area contributed by atoms with Crippen LogP contribution in [0.4, 0.5) is 0 Å². The highest BCUT2D eigenvalue weighted by atomic mass is 35.5. The fourth-order valence-corrected chi connectivity index (χ4v) is 3.77. The summed E-state index contributed by atoms with van der Waals surface area (Å²) < 4.78 is 1.98. The van der Waals surface area contributed by atoms with E-state index in [9.17, 15) is 4.79 Å². The molecular weight excluding hydrogens is 352 g/mol. The van der Waals surface area contributed by atoms with Crippen LogP contribution in [0.25, 0.3) is 11.0 Å². The molecule has 2 aromatic heterocycles. The first-order valence-electron chi connectivity index (χ1n) is 9.03. The molecule has 8 heteroatoms. The lowest BCUT2D eigenvalue weighted by Gasteiger charge is -2.31. The zero-order chi connectivity index (χ0) is 17.7. The van der Waals surface area contributed by atoms with Gasteiger partial charge in [0.25, 0.3) is 5.91 Å². The average Bonchev–Trinajstić information content (AvgIpc) is 3.24. The summed E-state index contributed by atoms with van der Waals surface area (Å²) in [6, 6.07) is 5.70. The molecule has 0 unspecified atom stereocenters. The van der Waals surface area contributed by atoms with Crippen LogP contribution in [0.5, 0.6) is 0 Å². The van der Waals surface area contributed by atoms with Crippen LogP contribution in [0.2, 0.25) is 5.02 Å². The number of likely N-dealkylation sites (tertiary alicyclic amines) is 1. The molecule has 0 bridgehead atoms. The van der Waals surface area contributed by atoms with E-state index < -0.39 is 0 Å². The standard InChI is InChI=1S/C18H19ClN6O/c19-12-3-4-14-15(9-12)21-17(20-14)18(26)24-7-5-13(6-8-24)25-10-16(22-23-25)11-1-2-11/h3-4,9-11,13H,1-2,5-8H2,(H,20,21). The van der Waals surface area contributed by atoms with Crippen LogP contribution in [0.3, 0.4) is 0 Å². The molecule has 7 nitrogen and oxygen atoms in total. The highest BCUT2D eigenvalue weighted by Gasteiger charge is 2.30. The molecule has 134 valence electrons. The Balaban J connectivity index is 1.27. The summed E-state index contributed by atoms with van der Waals surface area (Å²) in [7, 11) is 0. The van der Waals surface area contributed by atoms with Crippen LogP contribution in [-0.2, 0) is 0 Å². The second kappa shape index (κ2) is 6.09. The summed E-state index contributed by atoms with van der Waals surface area (Å²) in [5.41, 5.74) is 2.65. The van der Waals surface area contributed by atoms with E-state index >= 15 is 0 Å². The number of imidazole rings is 1. The van der Waals surface area contributed by atoms with Gasteiger partial charge >= 0.3 is 0 Å². The minimum Gasteiger partial charge on any atom is -0.336 e. The second-order valence-electron chi connectivity index (χ2n) is 7.17. The third kappa shape index (κ3) is 2.86. The summed E-state index contributed by atoms with van der Waals surface area (Å²) >= 11 is 6.00. The average molecular weight is 371 g/mol. The molecule has 1 saturated heterocycles. The zero-order valence-electron chi connectivity index (χ0n) is 14.2. The van der Waals surface area contributed by atoms with E-state index in [1.165, 1.54) is 12.8 Å². The van der Waals surface area contributed by atoms with E-state index in [-0.39, 0.29) is 5.91 Å². The van der Waals surface area contributed by atoms with Crippen molar-refractivity contribution in [3.8, 4) is 0 Å². The first-order chi connectivity index (χ1) is 12.7. The van der Waals surface area contributed by atoms with Crippen molar-refractivity contribution in [1.29, 1.82) is 0 Å². The van der Waals surface area contributed by atoms with Crippen LogP contribution in [0, 0.1) is 0 Å². The lowest BCUT2D eigenvalue weighted by atomic mass is 10.1. The van der Waals surface area contributed by atoms with E-state index in [1.807, 2.05) is 15.6 Å². The van der Waals surface area contributed by atoms with Gasteiger partial charge in [-0.1, -0.05) is 16.8 Å². The molecule has 1 aliphatic heterocycles. The van der Waals surface area contributed by atoms with Crippen molar-refractivity contribution in [2.75, 3.05) is 13.1 Å². The topological polar surface area (TPSA) is 79.7 Å². The maximum absolute atomic E-state index is 12.8. The van der Waals surface area contributed by atoms with Crippen molar-refractivity contribution in [1.82, 2.24) is 29.9 Å². The maximum Gasteiger partial charge on any atom is 0.289 e. The monoisotopic (exact) mass is 370 g/mol. The van der Waals surface area contributed by atoms with Gasteiger partial charge in [0, 0.05) is 30.2 Å². The van der Waals surface area contributed by atoms with E-state index in [4.69, 9.17) is 11.6 Å². The molecule has 26 heavy (non-hydrogen) atoms. The van der Waals surface area contributed by atoms with Crippen molar-refractivity contribution >= 4 is 28.5 Å². The Morgan fingerprint density at radius 3 is 2.77 bits per heavy atom. The number of carbonyl (C=O) groups is 1. The number of halogens is 1. The van der Waals surface area contributed by atoms with Crippen molar-refractivity contribution in [3.05, 3.63) is 40.9 Å². The highest BCUT2D eigenvalue weighted by molar-refractivity contribution is 6.31. The van der Waals surface area contributed by atoms with E-state index in [2.05, 4.69) is 26.5 Å². The van der Waals surface area contributed by atoms with Crippen molar-refractivity contribution in [2.45, 2.75) is 37.6 Å². The largest absolute Gasteiger partial charge is 0.336 e. The Labute approximate surface area is 155 Å². The van der Waals surface area contributed by atoms with Crippen LogP contribution in [0.15, 0.2) is 24.4 Å². The molecule has 0 radical (unpaired) electrons. The van der Waals surface area contributed by atoms with Gasteiger partial charge in [0.15, 0.2) is 5.82 Å². The fourth-order valence-electron chi connectivity index (χ4n) is 3.60. The Hall–Kier alpha value is -2.41. The fraction of sp³-hybridized carbons (Fsp3) is 0.444. The van der Waals surface area contributed by atoms with Gasteiger partial charge in [-0.2, -0.15) is 0 Å². The minimum atomic E-state index is -0.0620. The van der Waals surface area contributed by atoms with Gasteiger partial charge in [-0.15, -0.1) is 5.10 Å². The quantitative estimate of drug-likeness (QED) is 0.768. The predicted molar refractivity (Wildman–Crippen MR) is 97.3 cm³/mol. The zero-order valence-corrected chi connectivity index (χ0v) is 15.0. The first-order valence-corrected chi connectivity index (χ1v) is 9.41. The van der Waals surface area contributed by atoms with Crippen LogP contribution >= 0.6 is 11.6 Å². The highest BCUT2D eigenvalue weighted by Crippen LogP contribution is 2.39. The number of fused-ring (bicyclic) bond motifs is 1. The summed E-state index contributed by atoms with van der Waals surface area (Å²) in [4.78, 5) is 22.1. The Morgan fingerprint density at radius 2 is 2.00 bits per heavy atom. The number of hydrogen-bond donors (Lipinski definition) is 1. The molecule has 1 saturated carbocycles. The minimum absolute atomic E-state index is 0.0620. The number of rotatable bonds is 3. The molecule has 5 rings (SSSR count). The molecule has 1 N–H and O–H groups in total. The van der Waals surface area contributed by atoms with Gasteiger partial charge in [-0.3, -0.25) is 4.79 Å². The number of piperidine rings is 1. The number of nitrogens with zero attached hydrogens (tertiary/aromatic N) is 5. The lowest BCUT2D eigenvalue weighted by molar-refractivity contribution is 0.0678. The third-order valence-corrected chi connectivity index (χ3v) is 5.53. The summed E-state index contributed by atoms with van der Waals surface area (Å²) in [5, 5.41) is 9.22. The Bertz CT molecular complexity index is 967. The number of nitrogens with one attached hydrogen (secondary N) is 1. The van der Waals surface area contributed by atoms with Crippen LogP contribution in [-0.4, -0.2) is 48.9 Å². The van der Waals surface area contributed by atoms with Gasteiger partial charge in [0.2, 0.25) is 0 Å². The molecule has 0 spiro atoms. The van der Waals surface area contributed by atoms with E-state index in [1.54, 1.807) is 12.1 Å². The SMILES string of the molecule is O=C(c1nc2ccc(Cl)cc2[nH]1)N1CCC(n2cc(C3CC3)nn2)CC1. The van der Waals surface area contributed by atoms with Gasteiger partial charge in [0.1, 0.15) is 0 Å². The molecule has 0 atom stereocenters. The summed E-state index contributed by atoms with van der Waals surface area (Å²) in [6.07, 6.45) is 6.31. The maximum atomic E-state index is 12.8. The first kappa shape index (κ1) is 15.8. The second-order valence-corrected chi connectivity index (χ2v) is 7.60. The smallest absolute Gasteiger partial charge is 0.289 e. The molecule has 3 aromatic rings. The number of hydrogen-bond acceptors (Lipinski definition) is 4. The molecule has 1 amide bonds. The number of carbonyl (C=O) groups excluding carboxylic acids is 1. The van der Waals surface area contributed by atoms with Gasteiger partial charge in [-0.05, 0) is 43.9 Å².